The minimum Gasteiger partial charge on any atom is -0.332 e. The third kappa shape index (κ3) is 3.16. The standard InChI is InChI=1S/C21H20N6O2/c28-19(11-10-17-22-15-7-2-1-6-14(15)21(29)23-17)26-13-5-8-16(26)20-25-24-18-9-3-4-12-27(18)20/h1-4,6-7,9,12,16H,5,8,10-11,13H2,(H,22,23,29). The lowest BCUT2D eigenvalue weighted by Gasteiger charge is -2.23. The summed E-state index contributed by atoms with van der Waals surface area (Å²) in [7, 11) is 0. The topological polar surface area (TPSA) is 96.2 Å². The normalized spacial score (nSPS) is 16.7. The minimum atomic E-state index is -0.174. The predicted octanol–water partition coefficient (Wildman–Crippen LogP) is 2.26. The molecule has 1 fully saturated rings. The van der Waals surface area contributed by atoms with Gasteiger partial charge in [0, 0.05) is 25.6 Å². The molecule has 1 aliphatic heterocycles. The second kappa shape index (κ2) is 7.12. The minimum absolute atomic E-state index is 0.0380. The molecular formula is C21H20N6O2. The van der Waals surface area contributed by atoms with Crippen molar-refractivity contribution in [2.75, 3.05) is 6.54 Å². The molecule has 5 rings (SSSR count). The molecule has 29 heavy (non-hydrogen) atoms. The molecule has 0 saturated carbocycles. The first-order valence-corrected chi connectivity index (χ1v) is 9.78. The predicted molar refractivity (Wildman–Crippen MR) is 107 cm³/mol. The maximum absolute atomic E-state index is 13.0. The van der Waals surface area contributed by atoms with Gasteiger partial charge in [0.2, 0.25) is 5.91 Å². The molecule has 1 atom stereocenters. The van der Waals surface area contributed by atoms with Gasteiger partial charge in [0.15, 0.2) is 11.5 Å². The van der Waals surface area contributed by atoms with Crippen molar-refractivity contribution in [3.8, 4) is 0 Å². The molecular weight excluding hydrogens is 368 g/mol. The first kappa shape index (κ1) is 17.5. The number of pyridine rings is 1. The van der Waals surface area contributed by atoms with Crippen LogP contribution in [0.15, 0.2) is 53.5 Å². The molecule has 4 heterocycles. The summed E-state index contributed by atoms with van der Waals surface area (Å²) in [6.45, 7) is 0.701. The van der Waals surface area contributed by atoms with Crippen molar-refractivity contribution >= 4 is 22.5 Å². The van der Waals surface area contributed by atoms with E-state index in [1.165, 1.54) is 0 Å². The van der Waals surface area contributed by atoms with Gasteiger partial charge in [-0.2, -0.15) is 0 Å². The van der Waals surface area contributed by atoms with Crippen LogP contribution in [0.2, 0.25) is 0 Å². The zero-order chi connectivity index (χ0) is 19.8. The van der Waals surface area contributed by atoms with Crippen LogP contribution in [0.3, 0.4) is 0 Å². The average molecular weight is 388 g/mol. The zero-order valence-electron chi connectivity index (χ0n) is 15.8. The highest BCUT2D eigenvalue weighted by atomic mass is 16.2. The summed E-state index contributed by atoms with van der Waals surface area (Å²) in [6, 6.07) is 12.9. The van der Waals surface area contributed by atoms with Gasteiger partial charge in [0.25, 0.3) is 5.56 Å². The zero-order valence-corrected chi connectivity index (χ0v) is 15.8. The van der Waals surface area contributed by atoms with E-state index in [9.17, 15) is 9.59 Å². The number of likely N-dealkylation sites (tertiary alicyclic amines) is 1. The molecule has 1 unspecified atom stereocenters. The van der Waals surface area contributed by atoms with Gasteiger partial charge in [-0.15, -0.1) is 10.2 Å². The number of aryl methyl sites for hydroxylation is 1. The molecule has 146 valence electrons. The second-order valence-electron chi connectivity index (χ2n) is 7.26. The highest BCUT2D eigenvalue weighted by Crippen LogP contribution is 2.31. The number of hydrogen-bond donors (Lipinski definition) is 1. The molecule has 0 spiro atoms. The fourth-order valence-electron chi connectivity index (χ4n) is 4.04. The first-order valence-electron chi connectivity index (χ1n) is 9.78. The number of nitrogens with zero attached hydrogens (tertiary/aromatic N) is 5. The van der Waals surface area contributed by atoms with Crippen molar-refractivity contribution in [1.82, 2.24) is 29.5 Å². The van der Waals surface area contributed by atoms with Gasteiger partial charge in [-0.3, -0.25) is 14.0 Å². The molecule has 1 aromatic carbocycles. The van der Waals surface area contributed by atoms with E-state index in [-0.39, 0.29) is 23.9 Å². The summed E-state index contributed by atoms with van der Waals surface area (Å²) in [5.41, 5.74) is 1.25. The summed E-state index contributed by atoms with van der Waals surface area (Å²) < 4.78 is 1.94. The number of hydrogen-bond acceptors (Lipinski definition) is 5. The van der Waals surface area contributed by atoms with Gasteiger partial charge >= 0.3 is 0 Å². The van der Waals surface area contributed by atoms with Crippen LogP contribution in [-0.2, 0) is 11.2 Å². The Balaban J connectivity index is 1.35. The van der Waals surface area contributed by atoms with E-state index in [0.29, 0.717) is 29.7 Å². The third-order valence-corrected chi connectivity index (χ3v) is 5.45. The molecule has 4 aromatic rings. The van der Waals surface area contributed by atoms with E-state index in [1.807, 2.05) is 51.9 Å². The van der Waals surface area contributed by atoms with Crippen molar-refractivity contribution in [2.24, 2.45) is 0 Å². The van der Waals surface area contributed by atoms with Crippen LogP contribution in [-0.4, -0.2) is 41.9 Å². The summed E-state index contributed by atoms with van der Waals surface area (Å²) >= 11 is 0. The lowest BCUT2D eigenvalue weighted by molar-refractivity contribution is -0.132. The van der Waals surface area contributed by atoms with Gasteiger partial charge in [0.05, 0.1) is 16.9 Å². The van der Waals surface area contributed by atoms with E-state index < -0.39 is 0 Å². The highest BCUT2D eigenvalue weighted by molar-refractivity contribution is 5.78. The van der Waals surface area contributed by atoms with Gasteiger partial charge in [-0.1, -0.05) is 18.2 Å². The molecule has 0 radical (unpaired) electrons. The summed E-state index contributed by atoms with van der Waals surface area (Å²) in [6.07, 6.45) is 4.41. The Bertz CT molecular complexity index is 1260. The maximum atomic E-state index is 13.0. The van der Waals surface area contributed by atoms with Gasteiger partial charge in [0.1, 0.15) is 5.82 Å². The number of nitrogens with one attached hydrogen (secondary N) is 1. The lowest BCUT2D eigenvalue weighted by Crippen LogP contribution is -2.32. The molecule has 1 aliphatic rings. The number of aromatic nitrogens is 5. The lowest BCUT2D eigenvalue weighted by atomic mass is 10.2. The largest absolute Gasteiger partial charge is 0.332 e. The van der Waals surface area contributed by atoms with E-state index in [0.717, 1.165) is 24.3 Å². The van der Waals surface area contributed by atoms with Gasteiger partial charge in [-0.05, 0) is 37.1 Å². The summed E-state index contributed by atoms with van der Waals surface area (Å²) in [5.74, 6) is 1.37. The molecule has 8 heteroatoms. The molecule has 3 aromatic heterocycles. The Hall–Kier alpha value is -3.55. The van der Waals surface area contributed by atoms with Crippen molar-refractivity contribution in [1.29, 1.82) is 0 Å². The maximum Gasteiger partial charge on any atom is 0.258 e. The number of H-pyrrole nitrogens is 1. The molecule has 8 nitrogen and oxygen atoms in total. The van der Waals surface area contributed by atoms with Crippen molar-refractivity contribution in [3.05, 3.63) is 70.7 Å². The highest BCUT2D eigenvalue weighted by Gasteiger charge is 2.32. The van der Waals surface area contributed by atoms with Gasteiger partial charge in [-0.25, -0.2) is 4.98 Å². The van der Waals surface area contributed by atoms with Crippen LogP contribution >= 0.6 is 0 Å². The summed E-state index contributed by atoms with van der Waals surface area (Å²) in [5, 5.41) is 9.10. The molecule has 1 amide bonds. The Morgan fingerprint density at radius 2 is 2.00 bits per heavy atom. The van der Waals surface area contributed by atoms with Crippen molar-refractivity contribution in [2.45, 2.75) is 31.7 Å². The number of amides is 1. The van der Waals surface area contributed by atoms with Gasteiger partial charge < -0.3 is 9.88 Å². The van der Waals surface area contributed by atoms with Crippen LogP contribution in [0, 0.1) is 0 Å². The van der Waals surface area contributed by atoms with Crippen LogP contribution in [0.5, 0.6) is 0 Å². The number of carbonyl (C=O) groups excluding carboxylic acids is 1. The van der Waals surface area contributed by atoms with E-state index in [4.69, 9.17) is 0 Å². The van der Waals surface area contributed by atoms with Crippen LogP contribution in [0.4, 0.5) is 0 Å². The third-order valence-electron chi connectivity index (χ3n) is 5.45. The number of rotatable bonds is 4. The Kier molecular flexibility index (Phi) is 4.31. The first-order chi connectivity index (χ1) is 14.2. The Labute approximate surface area is 166 Å². The molecule has 0 bridgehead atoms. The quantitative estimate of drug-likeness (QED) is 0.578. The average Bonchev–Trinajstić information content (AvgIpc) is 3.39. The molecule has 1 saturated heterocycles. The Morgan fingerprint density at radius 1 is 1.14 bits per heavy atom. The number of carbonyl (C=O) groups is 1. The van der Waals surface area contributed by atoms with E-state index in [1.54, 1.807) is 6.07 Å². The van der Waals surface area contributed by atoms with E-state index >= 15 is 0 Å². The van der Waals surface area contributed by atoms with Crippen LogP contribution in [0.1, 0.15) is 37.0 Å². The number of para-hydroxylation sites is 1. The van der Waals surface area contributed by atoms with Crippen LogP contribution in [0.25, 0.3) is 16.6 Å². The van der Waals surface area contributed by atoms with Crippen LogP contribution < -0.4 is 5.56 Å². The fourth-order valence-corrected chi connectivity index (χ4v) is 4.04. The monoisotopic (exact) mass is 388 g/mol. The summed E-state index contributed by atoms with van der Waals surface area (Å²) in [4.78, 5) is 34.3. The molecule has 0 aliphatic carbocycles. The molecule has 1 N–H and O–H groups in total. The van der Waals surface area contributed by atoms with E-state index in [2.05, 4.69) is 20.2 Å². The number of benzene rings is 1. The smallest absolute Gasteiger partial charge is 0.258 e. The van der Waals surface area contributed by atoms with Crippen molar-refractivity contribution < 1.29 is 4.79 Å². The fraction of sp³-hybridized carbons (Fsp3) is 0.286. The SMILES string of the molecule is O=C(CCc1nc2ccccc2c(=O)[nH]1)N1CCCC1c1nnc2ccccn12. The second-order valence-corrected chi connectivity index (χ2v) is 7.26. The number of aromatic amines is 1. The number of fused-ring (bicyclic) bond motifs is 2. The van der Waals surface area contributed by atoms with Crippen molar-refractivity contribution in [3.63, 3.8) is 0 Å². The Morgan fingerprint density at radius 3 is 2.93 bits per heavy atom.